The predicted octanol–water partition coefficient (Wildman–Crippen LogP) is 2.15. The van der Waals surface area contributed by atoms with Crippen molar-refractivity contribution in [2.45, 2.75) is 6.92 Å². The molecule has 0 spiro atoms. The van der Waals surface area contributed by atoms with Gasteiger partial charge in [0.05, 0.1) is 6.61 Å². The number of pyridine rings is 1. The number of nitrogens with zero attached hydrogens (tertiary/aromatic N) is 3. The smallest absolute Gasteiger partial charge is 0.259 e. The van der Waals surface area contributed by atoms with Gasteiger partial charge in [-0.2, -0.15) is 0 Å². The topological polar surface area (TPSA) is 65.9 Å². The third-order valence-corrected chi connectivity index (χ3v) is 4.06. The van der Waals surface area contributed by atoms with Gasteiger partial charge in [0.25, 0.3) is 5.91 Å². The monoisotopic (exact) mass is 327 g/mol. The van der Waals surface area contributed by atoms with Crippen molar-refractivity contribution in [3.8, 4) is 11.6 Å². The molecule has 24 heavy (non-hydrogen) atoms. The Morgan fingerprint density at radius 2 is 1.88 bits per heavy atom. The van der Waals surface area contributed by atoms with Gasteiger partial charge in [0.2, 0.25) is 5.88 Å². The van der Waals surface area contributed by atoms with Crippen LogP contribution >= 0.6 is 0 Å². The molecule has 0 atom stereocenters. The van der Waals surface area contributed by atoms with E-state index in [-0.39, 0.29) is 11.7 Å². The van der Waals surface area contributed by atoms with Crippen LogP contribution in [-0.4, -0.2) is 53.7 Å². The van der Waals surface area contributed by atoms with E-state index in [1.807, 2.05) is 24.0 Å². The molecule has 0 bridgehead atoms. The largest absolute Gasteiger partial charge is 0.508 e. The van der Waals surface area contributed by atoms with Crippen LogP contribution in [0, 0.1) is 0 Å². The number of phenolic OH excluding ortho intramolecular Hbond substituents is 1. The lowest BCUT2D eigenvalue weighted by atomic mass is 10.2. The van der Waals surface area contributed by atoms with E-state index in [1.165, 1.54) is 0 Å². The van der Waals surface area contributed by atoms with Crippen molar-refractivity contribution in [2.75, 3.05) is 37.7 Å². The van der Waals surface area contributed by atoms with Gasteiger partial charge >= 0.3 is 0 Å². The number of hydrogen-bond donors (Lipinski definition) is 1. The van der Waals surface area contributed by atoms with Gasteiger partial charge in [0, 0.05) is 38.1 Å². The minimum absolute atomic E-state index is 0.0445. The Balaban J connectivity index is 1.66. The minimum atomic E-state index is -0.0445. The van der Waals surface area contributed by atoms with E-state index in [0.717, 1.165) is 18.8 Å². The first-order valence-electron chi connectivity index (χ1n) is 8.10. The van der Waals surface area contributed by atoms with Crippen LogP contribution in [-0.2, 0) is 0 Å². The molecule has 1 aromatic heterocycles. The highest BCUT2D eigenvalue weighted by atomic mass is 16.5. The van der Waals surface area contributed by atoms with Crippen LogP contribution in [0.1, 0.15) is 17.3 Å². The summed E-state index contributed by atoms with van der Waals surface area (Å²) in [6.45, 7) is 5.13. The number of aromatic hydroxyl groups is 1. The van der Waals surface area contributed by atoms with Crippen molar-refractivity contribution < 1.29 is 14.6 Å². The third kappa shape index (κ3) is 3.42. The summed E-state index contributed by atoms with van der Waals surface area (Å²) in [6.07, 6.45) is 1.63. The quantitative estimate of drug-likeness (QED) is 0.932. The number of benzene rings is 1. The lowest BCUT2D eigenvalue weighted by Crippen LogP contribution is -2.48. The fourth-order valence-corrected chi connectivity index (χ4v) is 2.81. The Morgan fingerprint density at radius 3 is 2.54 bits per heavy atom. The van der Waals surface area contributed by atoms with E-state index in [2.05, 4.69) is 9.88 Å². The van der Waals surface area contributed by atoms with E-state index in [4.69, 9.17) is 4.74 Å². The number of carbonyl (C=O) groups is 1. The Bertz CT molecular complexity index is 695. The van der Waals surface area contributed by atoms with E-state index in [1.54, 1.807) is 30.5 Å². The molecule has 1 fully saturated rings. The van der Waals surface area contributed by atoms with Crippen LogP contribution in [0.2, 0.25) is 0 Å². The number of amides is 1. The van der Waals surface area contributed by atoms with Gasteiger partial charge in [-0.25, -0.2) is 4.98 Å². The number of rotatable bonds is 4. The highest BCUT2D eigenvalue weighted by molar-refractivity contribution is 5.96. The van der Waals surface area contributed by atoms with Crippen molar-refractivity contribution in [1.82, 2.24) is 9.88 Å². The number of carbonyl (C=O) groups excluding carboxylic acids is 1. The highest BCUT2D eigenvalue weighted by Crippen LogP contribution is 2.22. The maximum atomic E-state index is 12.7. The molecule has 1 saturated heterocycles. The normalized spacial score (nSPS) is 14.5. The summed E-state index contributed by atoms with van der Waals surface area (Å²) in [7, 11) is 0. The standard InChI is InChI=1S/C18H21N3O3/c1-2-24-17-16(4-3-9-19-17)18(23)21-12-10-20(11-13-21)14-5-7-15(22)8-6-14/h3-9,22H,2,10-13H2,1H3. The molecule has 0 radical (unpaired) electrons. The Morgan fingerprint density at radius 1 is 1.17 bits per heavy atom. The van der Waals surface area contributed by atoms with E-state index in [9.17, 15) is 9.90 Å². The van der Waals surface area contributed by atoms with E-state index < -0.39 is 0 Å². The van der Waals surface area contributed by atoms with Crippen LogP contribution in [0.4, 0.5) is 5.69 Å². The Kier molecular flexibility index (Phi) is 4.84. The van der Waals surface area contributed by atoms with Crippen LogP contribution < -0.4 is 9.64 Å². The van der Waals surface area contributed by atoms with Crippen LogP contribution in [0.25, 0.3) is 0 Å². The molecule has 1 amide bonds. The average molecular weight is 327 g/mol. The zero-order valence-corrected chi connectivity index (χ0v) is 13.7. The van der Waals surface area contributed by atoms with Gasteiger partial charge in [0.1, 0.15) is 11.3 Å². The molecule has 0 aliphatic carbocycles. The first-order chi connectivity index (χ1) is 11.7. The van der Waals surface area contributed by atoms with Crippen molar-refractivity contribution in [1.29, 1.82) is 0 Å². The molecule has 2 heterocycles. The molecule has 0 saturated carbocycles. The summed E-state index contributed by atoms with van der Waals surface area (Å²) in [6, 6.07) is 10.6. The number of ether oxygens (including phenoxy) is 1. The number of phenols is 1. The molecule has 2 aromatic rings. The zero-order valence-electron chi connectivity index (χ0n) is 13.7. The van der Waals surface area contributed by atoms with Crippen LogP contribution in [0.5, 0.6) is 11.6 Å². The Hall–Kier alpha value is -2.76. The first-order valence-corrected chi connectivity index (χ1v) is 8.10. The molecular weight excluding hydrogens is 306 g/mol. The molecule has 6 nitrogen and oxygen atoms in total. The summed E-state index contributed by atoms with van der Waals surface area (Å²) >= 11 is 0. The van der Waals surface area contributed by atoms with Gasteiger partial charge < -0.3 is 19.6 Å². The van der Waals surface area contributed by atoms with Crippen LogP contribution in [0.3, 0.4) is 0 Å². The van der Waals surface area contributed by atoms with Gasteiger partial charge in [-0.05, 0) is 43.3 Å². The van der Waals surface area contributed by atoms with Crippen molar-refractivity contribution >= 4 is 11.6 Å². The summed E-state index contributed by atoms with van der Waals surface area (Å²) < 4.78 is 5.46. The second-order valence-electron chi connectivity index (χ2n) is 5.58. The number of piperazine rings is 1. The van der Waals surface area contributed by atoms with E-state index in [0.29, 0.717) is 31.1 Å². The van der Waals surface area contributed by atoms with Crippen LogP contribution in [0.15, 0.2) is 42.6 Å². The molecule has 3 rings (SSSR count). The molecule has 1 aromatic carbocycles. The van der Waals surface area contributed by atoms with Gasteiger partial charge in [-0.1, -0.05) is 0 Å². The average Bonchev–Trinajstić information content (AvgIpc) is 2.63. The Labute approximate surface area is 141 Å². The third-order valence-electron chi connectivity index (χ3n) is 4.06. The van der Waals surface area contributed by atoms with Crippen molar-refractivity contribution in [3.63, 3.8) is 0 Å². The number of hydrogen-bond acceptors (Lipinski definition) is 5. The molecule has 6 heteroatoms. The molecular formula is C18H21N3O3. The van der Waals surface area contributed by atoms with Crippen molar-refractivity contribution in [2.24, 2.45) is 0 Å². The SMILES string of the molecule is CCOc1ncccc1C(=O)N1CCN(c2ccc(O)cc2)CC1. The predicted molar refractivity (Wildman–Crippen MR) is 91.6 cm³/mol. The lowest BCUT2D eigenvalue weighted by molar-refractivity contribution is 0.0741. The number of anilines is 1. The molecule has 1 aliphatic heterocycles. The second kappa shape index (κ2) is 7.21. The van der Waals surface area contributed by atoms with Crippen molar-refractivity contribution in [3.05, 3.63) is 48.2 Å². The number of aromatic nitrogens is 1. The fraction of sp³-hybridized carbons (Fsp3) is 0.333. The second-order valence-corrected chi connectivity index (χ2v) is 5.58. The molecule has 1 N–H and O–H groups in total. The zero-order chi connectivity index (χ0) is 16.9. The lowest BCUT2D eigenvalue weighted by Gasteiger charge is -2.36. The van der Waals surface area contributed by atoms with Gasteiger partial charge in [-0.15, -0.1) is 0 Å². The molecule has 1 aliphatic rings. The first kappa shape index (κ1) is 16.1. The summed E-state index contributed by atoms with van der Waals surface area (Å²) in [5.74, 6) is 0.607. The maximum absolute atomic E-state index is 12.7. The van der Waals surface area contributed by atoms with E-state index >= 15 is 0 Å². The summed E-state index contributed by atoms with van der Waals surface area (Å²) in [5.41, 5.74) is 1.56. The molecule has 0 unspecified atom stereocenters. The summed E-state index contributed by atoms with van der Waals surface area (Å²) in [4.78, 5) is 20.9. The highest BCUT2D eigenvalue weighted by Gasteiger charge is 2.24. The minimum Gasteiger partial charge on any atom is -0.508 e. The fourth-order valence-electron chi connectivity index (χ4n) is 2.81. The van der Waals surface area contributed by atoms with Gasteiger partial charge in [0.15, 0.2) is 0 Å². The van der Waals surface area contributed by atoms with Gasteiger partial charge in [-0.3, -0.25) is 4.79 Å². The maximum Gasteiger partial charge on any atom is 0.259 e. The molecule has 126 valence electrons. The summed E-state index contributed by atoms with van der Waals surface area (Å²) in [5, 5.41) is 9.38.